The number of esters is 1. The molecule has 1 aliphatic rings. The molecule has 0 unspecified atom stereocenters. The minimum Gasteiger partial charge on any atom is -0.462 e. The molecule has 5 nitrogen and oxygen atoms in total. The molecule has 5 rings (SSSR count). The molecular weight excluding hydrogens is 398 g/mol. The maximum Gasteiger partial charge on any atom is 0.340 e. The highest BCUT2D eigenvalue weighted by atomic mass is 16.5. The van der Waals surface area contributed by atoms with E-state index in [1.165, 1.54) is 16.8 Å². The van der Waals surface area contributed by atoms with Gasteiger partial charge in [-0.05, 0) is 35.2 Å². The number of hydrogen-bond acceptors (Lipinski definition) is 3. The van der Waals surface area contributed by atoms with Crippen molar-refractivity contribution in [1.82, 2.24) is 9.47 Å². The van der Waals surface area contributed by atoms with Crippen molar-refractivity contribution in [2.75, 3.05) is 13.2 Å². The predicted molar refractivity (Wildman–Crippen MR) is 122 cm³/mol. The zero-order valence-electron chi connectivity index (χ0n) is 18.3. The number of carbonyl (C=O) groups excluding carboxylic acids is 1. The second-order valence-electron chi connectivity index (χ2n) is 8.18. The summed E-state index contributed by atoms with van der Waals surface area (Å²) in [7, 11) is 0. The highest BCUT2D eigenvalue weighted by molar-refractivity contribution is 6.04. The minimum absolute atomic E-state index is 0.269. The number of fused-ring (bicyclic) bond motifs is 3. The van der Waals surface area contributed by atoms with Crippen LogP contribution in [-0.2, 0) is 30.8 Å². The molecule has 0 aliphatic carbocycles. The van der Waals surface area contributed by atoms with Gasteiger partial charge in [-0.15, -0.1) is 0 Å². The minimum atomic E-state index is -0.269. The molecule has 32 heavy (non-hydrogen) atoms. The van der Waals surface area contributed by atoms with Gasteiger partial charge in [0.2, 0.25) is 0 Å². The summed E-state index contributed by atoms with van der Waals surface area (Å²) in [5.74, 6) is -0.269. The third-order valence-electron chi connectivity index (χ3n) is 6.11. The van der Waals surface area contributed by atoms with E-state index >= 15 is 0 Å². The molecule has 4 aromatic rings. The summed E-state index contributed by atoms with van der Waals surface area (Å²) < 4.78 is 7.69. The monoisotopic (exact) mass is 424 g/mol. The maximum atomic E-state index is 12.8. The molecule has 0 amide bonds. The molecule has 0 atom stereocenters. The highest BCUT2D eigenvalue weighted by Crippen LogP contribution is 2.34. The zero-order chi connectivity index (χ0) is 21.9. The Morgan fingerprint density at radius 1 is 1.06 bits per heavy atom. The van der Waals surface area contributed by atoms with Crippen molar-refractivity contribution in [2.24, 2.45) is 0 Å². The van der Waals surface area contributed by atoms with Crippen molar-refractivity contribution in [3.05, 3.63) is 101 Å². The first-order valence-electron chi connectivity index (χ1n) is 11.1. The first-order valence-corrected chi connectivity index (χ1v) is 11.1. The Labute approximate surface area is 188 Å². The van der Waals surface area contributed by atoms with E-state index in [9.17, 15) is 4.79 Å². The largest absolute Gasteiger partial charge is 0.462 e. The molecule has 0 radical (unpaired) electrons. The number of ether oxygens (including phenoxy) is 1. The predicted octanol–water partition coefficient (Wildman–Crippen LogP) is 3.82. The molecule has 2 aromatic carbocycles. The van der Waals surface area contributed by atoms with Crippen molar-refractivity contribution in [3.63, 3.8) is 0 Å². The van der Waals surface area contributed by atoms with E-state index in [4.69, 9.17) is 4.74 Å². The molecule has 1 aliphatic heterocycles. The molecule has 0 N–H and O–H groups in total. The summed E-state index contributed by atoms with van der Waals surface area (Å²) in [5.41, 5.74) is 6.61. The van der Waals surface area contributed by atoms with Gasteiger partial charge in [0.1, 0.15) is 0 Å². The Kier molecular flexibility index (Phi) is 5.62. The first-order chi connectivity index (χ1) is 15.7. The van der Waals surface area contributed by atoms with E-state index in [0.717, 1.165) is 42.5 Å². The lowest BCUT2D eigenvalue weighted by atomic mass is 10.0. The fourth-order valence-electron chi connectivity index (χ4n) is 4.71. The summed E-state index contributed by atoms with van der Waals surface area (Å²) in [6.07, 6.45) is 5.63. The lowest BCUT2D eigenvalue weighted by Gasteiger charge is -2.28. The molecule has 160 valence electrons. The third-order valence-corrected chi connectivity index (χ3v) is 6.11. The fourth-order valence-corrected chi connectivity index (χ4v) is 4.71. The van der Waals surface area contributed by atoms with E-state index in [1.807, 2.05) is 37.4 Å². The molecule has 0 saturated heterocycles. The van der Waals surface area contributed by atoms with Crippen LogP contribution in [0.1, 0.15) is 39.7 Å². The molecule has 0 bridgehead atoms. The number of para-hydroxylation sites is 1. The van der Waals surface area contributed by atoms with Gasteiger partial charge in [0.15, 0.2) is 0 Å². The van der Waals surface area contributed by atoms with Crippen LogP contribution in [0.2, 0.25) is 0 Å². The SMILES string of the molecule is CCOC(=O)c1cccc2c3c(n(Cc4ccc#[n+]c4)c12)CCN(Cc1ccccc1)C3. The Bertz CT molecular complexity index is 1230. The van der Waals surface area contributed by atoms with Gasteiger partial charge >= 0.3 is 18.4 Å². The van der Waals surface area contributed by atoms with E-state index in [-0.39, 0.29) is 5.97 Å². The van der Waals surface area contributed by atoms with Gasteiger partial charge in [-0.3, -0.25) is 4.90 Å². The normalized spacial score (nSPS) is 13.5. The van der Waals surface area contributed by atoms with Crippen LogP contribution in [0, 0.1) is 6.20 Å². The maximum absolute atomic E-state index is 12.8. The summed E-state index contributed by atoms with van der Waals surface area (Å²) in [6.45, 7) is 5.63. The third kappa shape index (κ3) is 3.86. The average molecular weight is 425 g/mol. The standard InChI is InChI=1S/C27H26N3O2/c1-2-32-27(31)23-12-6-11-22-24-19-29(17-20-8-4-3-5-9-20)15-13-25(24)30(26(22)23)18-21-10-7-14-28-16-21/h3-12,16H,2,13,15,17-19H2,1H3/q+1. The van der Waals surface area contributed by atoms with Crippen LogP contribution in [0.5, 0.6) is 0 Å². The molecule has 0 fully saturated rings. The Balaban J connectivity index is 1.59. The van der Waals surface area contributed by atoms with E-state index in [2.05, 4.69) is 57.0 Å². The van der Waals surface area contributed by atoms with E-state index in [0.29, 0.717) is 18.7 Å². The summed E-state index contributed by atoms with van der Waals surface area (Å²) in [6, 6.07) is 20.4. The van der Waals surface area contributed by atoms with Crippen molar-refractivity contribution in [3.8, 4) is 0 Å². The number of rotatable bonds is 6. The lowest BCUT2D eigenvalue weighted by molar-refractivity contribution is -0.294. The smallest absolute Gasteiger partial charge is 0.340 e. The van der Waals surface area contributed by atoms with Gasteiger partial charge in [0.05, 0.1) is 35.9 Å². The molecule has 2 aromatic heterocycles. The summed E-state index contributed by atoms with van der Waals surface area (Å²) in [5, 5.41) is 1.14. The highest BCUT2D eigenvalue weighted by Gasteiger charge is 2.27. The topological polar surface area (TPSA) is 48.6 Å². The number of carbonyl (C=O) groups is 1. The van der Waals surface area contributed by atoms with Crippen LogP contribution in [-0.4, -0.2) is 28.6 Å². The van der Waals surface area contributed by atoms with Crippen molar-refractivity contribution in [1.29, 1.82) is 0 Å². The number of benzene rings is 2. The number of hydrogen-bond donors (Lipinski definition) is 0. The quantitative estimate of drug-likeness (QED) is 0.442. The van der Waals surface area contributed by atoms with Crippen LogP contribution < -0.4 is 4.98 Å². The van der Waals surface area contributed by atoms with Crippen molar-refractivity contribution >= 4 is 16.9 Å². The van der Waals surface area contributed by atoms with Crippen LogP contribution in [0.25, 0.3) is 10.9 Å². The first kappa shape index (κ1) is 20.3. The Morgan fingerprint density at radius 3 is 2.72 bits per heavy atom. The van der Waals surface area contributed by atoms with Crippen LogP contribution in [0.15, 0.2) is 66.9 Å². The van der Waals surface area contributed by atoms with Gasteiger partial charge in [-0.25, -0.2) is 4.79 Å². The van der Waals surface area contributed by atoms with E-state index < -0.39 is 0 Å². The van der Waals surface area contributed by atoms with Crippen LogP contribution >= 0.6 is 0 Å². The molecule has 5 heteroatoms. The zero-order valence-corrected chi connectivity index (χ0v) is 18.3. The number of aromatic nitrogens is 2. The van der Waals surface area contributed by atoms with Gasteiger partial charge in [0, 0.05) is 37.1 Å². The second-order valence-corrected chi connectivity index (χ2v) is 8.18. The van der Waals surface area contributed by atoms with Gasteiger partial charge in [0.25, 0.3) is 0 Å². The molecule has 3 heterocycles. The second kappa shape index (κ2) is 8.86. The summed E-state index contributed by atoms with van der Waals surface area (Å²) >= 11 is 0. The van der Waals surface area contributed by atoms with Gasteiger partial charge < -0.3 is 9.30 Å². The van der Waals surface area contributed by atoms with Gasteiger partial charge in [-0.2, -0.15) is 0 Å². The Morgan fingerprint density at radius 2 is 1.94 bits per heavy atom. The van der Waals surface area contributed by atoms with Gasteiger partial charge in [-0.1, -0.05) is 42.5 Å². The number of nitrogens with zero attached hydrogens (tertiary/aromatic N) is 3. The van der Waals surface area contributed by atoms with Crippen LogP contribution in [0.4, 0.5) is 0 Å². The van der Waals surface area contributed by atoms with E-state index in [1.54, 1.807) is 0 Å². The Hall–Kier alpha value is -3.62. The van der Waals surface area contributed by atoms with Crippen molar-refractivity contribution < 1.29 is 14.5 Å². The molecule has 0 saturated carbocycles. The molecular formula is C27H26N3O2+. The molecule has 0 spiro atoms. The fraction of sp³-hybridized carbons (Fsp3) is 0.259. The van der Waals surface area contributed by atoms with Crippen LogP contribution in [0.3, 0.4) is 0 Å². The summed E-state index contributed by atoms with van der Waals surface area (Å²) in [4.78, 5) is 19.5. The van der Waals surface area contributed by atoms with Crippen molar-refractivity contribution in [2.45, 2.75) is 33.0 Å². The lowest BCUT2D eigenvalue weighted by Crippen LogP contribution is -2.30. The average Bonchev–Trinajstić information content (AvgIpc) is 3.14.